The van der Waals surface area contributed by atoms with Crippen LogP contribution in [0, 0.1) is 17.1 Å². The van der Waals surface area contributed by atoms with Crippen LogP contribution < -0.4 is 4.74 Å². The van der Waals surface area contributed by atoms with Gasteiger partial charge >= 0.3 is 0 Å². The first kappa shape index (κ1) is 9.47. The van der Waals surface area contributed by atoms with E-state index in [0.717, 1.165) is 5.56 Å². The minimum Gasteiger partial charge on any atom is -0.491 e. The summed E-state index contributed by atoms with van der Waals surface area (Å²) in [4.78, 5) is 0. The van der Waals surface area contributed by atoms with Gasteiger partial charge in [-0.1, -0.05) is 22.9 Å². The molecule has 1 aliphatic heterocycles. The minimum atomic E-state index is -0.535. The van der Waals surface area contributed by atoms with Crippen molar-refractivity contribution in [3.05, 3.63) is 27.5 Å². The average Bonchev–Trinajstić information content (AvgIpc) is 2.49. The van der Waals surface area contributed by atoms with Gasteiger partial charge in [-0.2, -0.15) is 5.26 Å². The Balaban J connectivity index is 2.74. The predicted octanol–water partition coefficient (Wildman–Crippen LogP) is 2.96. The Bertz CT molecular complexity index is 439. The van der Waals surface area contributed by atoms with E-state index in [1.807, 2.05) is 13.0 Å². The molecule has 4 heteroatoms. The first-order valence-corrected chi connectivity index (χ1v) is 4.99. The molecule has 0 bridgehead atoms. The van der Waals surface area contributed by atoms with E-state index in [-0.39, 0.29) is 11.5 Å². The lowest BCUT2D eigenvalue weighted by atomic mass is 10.0. The molecule has 0 saturated carbocycles. The van der Waals surface area contributed by atoms with E-state index in [1.54, 1.807) is 0 Å². The second kappa shape index (κ2) is 3.25. The predicted molar refractivity (Wildman–Crippen MR) is 52.7 cm³/mol. The highest BCUT2D eigenvalue weighted by Gasteiger charge is 2.28. The Morgan fingerprint density at radius 3 is 3.07 bits per heavy atom. The van der Waals surface area contributed by atoms with Crippen molar-refractivity contribution in [3.8, 4) is 11.8 Å². The standard InChI is InChI=1S/C10H7BrFNO/c1-5-4-14-10-6(3-13)8(12)2-7(11)9(5)10/h2,5H,4H2,1H3. The molecular weight excluding hydrogens is 249 g/mol. The Kier molecular flexibility index (Phi) is 2.20. The van der Waals surface area contributed by atoms with Crippen molar-refractivity contribution >= 4 is 15.9 Å². The third-order valence-electron chi connectivity index (χ3n) is 2.30. The lowest BCUT2D eigenvalue weighted by molar-refractivity contribution is 0.335. The third-order valence-corrected chi connectivity index (χ3v) is 2.96. The summed E-state index contributed by atoms with van der Waals surface area (Å²) in [5.74, 6) is 0.0613. The summed E-state index contributed by atoms with van der Waals surface area (Å²) >= 11 is 3.27. The summed E-state index contributed by atoms with van der Waals surface area (Å²) < 4.78 is 19.3. The van der Waals surface area contributed by atoms with Crippen LogP contribution in [0.4, 0.5) is 4.39 Å². The fraction of sp³-hybridized carbons (Fsp3) is 0.300. The summed E-state index contributed by atoms with van der Waals surface area (Å²) in [5, 5.41) is 8.77. The molecular formula is C10H7BrFNO. The van der Waals surface area contributed by atoms with Gasteiger partial charge in [0, 0.05) is 16.0 Å². The molecule has 72 valence electrons. The highest BCUT2D eigenvalue weighted by atomic mass is 79.9. The molecule has 14 heavy (non-hydrogen) atoms. The maximum absolute atomic E-state index is 13.3. The molecule has 2 rings (SSSR count). The molecule has 1 aromatic carbocycles. The fourth-order valence-corrected chi connectivity index (χ4v) is 2.39. The van der Waals surface area contributed by atoms with Gasteiger partial charge in [-0.05, 0) is 6.07 Å². The van der Waals surface area contributed by atoms with Crippen LogP contribution in [0.2, 0.25) is 0 Å². The van der Waals surface area contributed by atoms with Crippen molar-refractivity contribution in [2.75, 3.05) is 6.61 Å². The van der Waals surface area contributed by atoms with Crippen molar-refractivity contribution in [3.63, 3.8) is 0 Å². The number of hydrogen-bond acceptors (Lipinski definition) is 2. The number of hydrogen-bond donors (Lipinski definition) is 0. The fourth-order valence-electron chi connectivity index (χ4n) is 1.62. The van der Waals surface area contributed by atoms with E-state index < -0.39 is 5.82 Å². The first-order valence-electron chi connectivity index (χ1n) is 4.20. The molecule has 1 heterocycles. The van der Waals surface area contributed by atoms with Gasteiger partial charge in [0.15, 0.2) is 0 Å². The van der Waals surface area contributed by atoms with Crippen LogP contribution in [0.15, 0.2) is 10.5 Å². The molecule has 1 aliphatic rings. The number of ether oxygens (including phenoxy) is 1. The number of benzene rings is 1. The molecule has 0 N–H and O–H groups in total. The Morgan fingerprint density at radius 2 is 2.43 bits per heavy atom. The van der Waals surface area contributed by atoms with Gasteiger partial charge in [0.25, 0.3) is 0 Å². The largest absolute Gasteiger partial charge is 0.491 e. The van der Waals surface area contributed by atoms with Gasteiger partial charge < -0.3 is 4.74 Å². The third kappa shape index (κ3) is 1.20. The molecule has 0 amide bonds. The Hall–Kier alpha value is -1.08. The SMILES string of the molecule is CC1COc2c(C#N)c(F)cc(Br)c21. The summed E-state index contributed by atoms with van der Waals surface area (Å²) in [7, 11) is 0. The number of nitriles is 1. The summed E-state index contributed by atoms with van der Waals surface area (Å²) in [6.45, 7) is 2.49. The molecule has 2 nitrogen and oxygen atoms in total. The van der Waals surface area contributed by atoms with Crippen molar-refractivity contribution in [1.29, 1.82) is 5.26 Å². The van der Waals surface area contributed by atoms with E-state index in [1.165, 1.54) is 6.07 Å². The maximum atomic E-state index is 13.3. The second-order valence-electron chi connectivity index (χ2n) is 3.28. The molecule has 1 unspecified atom stereocenters. The van der Waals surface area contributed by atoms with E-state index in [0.29, 0.717) is 16.8 Å². The van der Waals surface area contributed by atoms with Crippen LogP contribution in [0.3, 0.4) is 0 Å². The molecule has 0 aromatic heterocycles. The lowest BCUT2D eigenvalue weighted by Crippen LogP contribution is -1.93. The van der Waals surface area contributed by atoms with Crippen LogP contribution in [0.25, 0.3) is 0 Å². The van der Waals surface area contributed by atoms with E-state index in [2.05, 4.69) is 15.9 Å². The quantitative estimate of drug-likeness (QED) is 0.714. The summed E-state index contributed by atoms with van der Waals surface area (Å²) in [6, 6.07) is 3.14. The summed E-state index contributed by atoms with van der Waals surface area (Å²) in [6.07, 6.45) is 0. The van der Waals surface area contributed by atoms with Gasteiger partial charge in [0.1, 0.15) is 23.2 Å². The highest BCUT2D eigenvalue weighted by Crippen LogP contribution is 2.42. The zero-order valence-electron chi connectivity index (χ0n) is 7.47. The van der Waals surface area contributed by atoms with Crippen LogP contribution in [0.1, 0.15) is 24.0 Å². The van der Waals surface area contributed by atoms with Crippen molar-refractivity contribution in [2.45, 2.75) is 12.8 Å². The van der Waals surface area contributed by atoms with Gasteiger partial charge in [0.05, 0.1) is 6.61 Å². The number of nitrogens with zero attached hydrogens (tertiary/aromatic N) is 1. The normalized spacial score (nSPS) is 18.6. The number of halogens is 2. The molecule has 0 aliphatic carbocycles. The highest BCUT2D eigenvalue weighted by molar-refractivity contribution is 9.10. The lowest BCUT2D eigenvalue weighted by Gasteiger charge is -2.05. The van der Waals surface area contributed by atoms with Crippen LogP contribution in [0.5, 0.6) is 5.75 Å². The van der Waals surface area contributed by atoms with Gasteiger partial charge in [-0.15, -0.1) is 0 Å². The van der Waals surface area contributed by atoms with Gasteiger partial charge in [-0.25, -0.2) is 4.39 Å². The topological polar surface area (TPSA) is 33.0 Å². The molecule has 0 radical (unpaired) electrons. The number of rotatable bonds is 0. The maximum Gasteiger partial charge on any atom is 0.145 e. The van der Waals surface area contributed by atoms with Crippen molar-refractivity contribution < 1.29 is 9.13 Å². The first-order chi connectivity index (χ1) is 6.65. The van der Waals surface area contributed by atoms with E-state index >= 15 is 0 Å². The van der Waals surface area contributed by atoms with Crippen molar-refractivity contribution in [1.82, 2.24) is 0 Å². The smallest absolute Gasteiger partial charge is 0.145 e. The van der Waals surface area contributed by atoms with E-state index in [4.69, 9.17) is 10.00 Å². The molecule has 0 saturated heterocycles. The van der Waals surface area contributed by atoms with Crippen LogP contribution >= 0.6 is 15.9 Å². The minimum absolute atomic E-state index is 0.00699. The van der Waals surface area contributed by atoms with Crippen LogP contribution in [-0.4, -0.2) is 6.61 Å². The average molecular weight is 256 g/mol. The second-order valence-corrected chi connectivity index (χ2v) is 4.14. The summed E-state index contributed by atoms with van der Waals surface area (Å²) in [5.41, 5.74) is 0.899. The van der Waals surface area contributed by atoms with Crippen molar-refractivity contribution in [2.24, 2.45) is 0 Å². The monoisotopic (exact) mass is 255 g/mol. The molecule has 1 atom stereocenters. The zero-order valence-corrected chi connectivity index (χ0v) is 9.06. The molecule has 0 fully saturated rings. The van der Waals surface area contributed by atoms with Gasteiger partial charge in [0.2, 0.25) is 0 Å². The van der Waals surface area contributed by atoms with Crippen LogP contribution in [-0.2, 0) is 0 Å². The zero-order chi connectivity index (χ0) is 10.3. The Morgan fingerprint density at radius 1 is 1.71 bits per heavy atom. The molecule has 1 aromatic rings. The van der Waals surface area contributed by atoms with E-state index in [9.17, 15) is 4.39 Å². The Labute approximate surface area is 89.4 Å². The molecule has 0 spiro atoms. The van der Waals surface area contributed by atoms with Gasteiger partial charge in [-0.3, -0.25) is 0 Å². The number of fused-ring (bicyclic) bond motifs is 1.